The smallest absolute Gasteiger partial charge is 0.410 e. The Morgan fingerprint density at radius 2 is 2.00 bits per heavy atom. The average Bonchev–Trinajstić information content (AvgIpc) is 2.60. The largest absolute Gasteiger partial charge is 0.465 e. The van der Waals surface area contributed by atoms with Gasteiger partial charge in [0, 0.05) is 13.1 Å². The normalized spacial score (nSPS) is 20.9. The van der Waals surface area contributed by atoms with E-state index in [1.54, 1.807) is 6.92 Å². The first-order valence-electron chi connectivity index (χ1n) is 7.85. The number of benzene rings is 1. The van der Waals surface area contributed by atoms with Gasteiger partial charge >= 0.3 is 12.1 Å². The zero-order valence-corrected chi connectivity index (χ0v) is 13.4. The van der Waals surface area contributed by atoms with Crippen molar-refractivity contribution >= 4 is 12.1 Å². The van der Waals surface area contributed by atoms with Gasteiger partial charge in [-0.15, -0.1) is 0 Å². The highest BCUT2D eigenvalue weighted by Gasteiger charge is 2.44. The third kappa shape index (κ3) is 4.22. The third-order valence-electron chi connectivity index (χ3n) is 4.05. The summed E-state index contributed by atoms with van der Waals surface area (Å²) in [4.78, 5) is 25.8. The number of piperidine rings is 1. The van der Waals surface area contributed by atoms with E-state index in [0.29, 0.717) is 19.4 Å². The second-order valence-electron chi connectivity index (χ2n) is 5.72. The fraction of sp³-hybridized carbons (Fsp3) is 0.529. The number of hydrogen-bond acceptors (Lipinski definition) is 5. The van der Waals surface area contributed by atoms with E-state index in [4.69, 9.17) is 9.47 Å². The second-order valence-corrected chi connectivity index (χ2v) is 5.72. The molecule has 1 unspecified atom stereocenters. The van der Waals surface area contributed by atoms with Crippen molar-refractivity contribution in [2.24, 2.45) is 5.41 Å². The van der Waals surface area contributed by atoms with Crippen LogP contribution in [0.3, 0.4) is 0 Å². The molecule has 1 aliphatic rings. The van der Waals surface area contributed by atoms with Crippen molar-refractivity contribution in [1.82, 2.24) is 4.90 Å². The van der Waals surface area contributed by atoms with Gasteiger partial charge in [-0.2, -0.15) is 0 Å². The van der Waals surface area contributed by atoms with Gasteiger partial charge in [-0.25, -0.2) is 4.79 Å². The molecule has 1 heterocycles. The van der Waals surface area contributed by atoms with Gasteiger partial charge in [-0.3, -0.25) is 4.79 Å². The zero-order chi connectivity index (χ0) is 16.7. The Labute approximate surface area is 136 Å². The summed E-state index contributed by atoms with van der Waals surface area (Å²) in [6, 6.07) is 9.40. The number of ether oxygens (including phenoxy) is 2. The minimum absolute atomic E-state index is 0.121. The molecule has 1 fully saturated rings. The van der Waals surface area contributed by atoms with Gasteiger partial charge in [0.25, 0.3) is 0 Å². The van der Waals surface area contributed by atoms with Crippen LogP contribution in [0.15, 0.2) is 30.3 Å². The third-order valence-corrected chi connectivity index (χ3v) is 4.05. The molecular weight excluding hydrogens is 298 g/mol. The van der Waals surface area contributed by atoms with Crippen molar-refractivity contribution < 1.29 is 24.2 Å². The van der Waals surface area contributed by atoms with E-state index in [1.165, 1.54) is 4.90 Å². The highest BCUT2D eigenvalue weighted by molar-refractivity contribution is 5.79. The van der Waals surface area contributed by atoms with Gasteiger partial charge in [0.2, 0.25) is 0 Å². The molecule has 1 N–H and O–H groups in total. The molecule has 0 bridgehead atoms. The lowest BCUT2D eigenvalue weighted by atomic mass is 9.80. The number of rotatable bonds is 5. The molecule has 2 rings (SSSR count). The van der Waals surface area contributed by atoms with Gasteiger partial charge in [0.1, 0.15) is 12.0 Å². The molecule has 0 aromatic heterocycles. The second kappa shape index (κ2) is 7.97. The Kier molecular flexibility index (Phi) is 5.98. The first-order valence-corrected chi connectivity index (χ1v) is 7.85. The molecule has 126 valence electrons. The summed E-state index contributed by atoms with van der Waals surface area (Å²) >= 11 is 0. The summed E-state index contributed by atoms with van der Waals surface area (Å²) in [5.41, 5.74) is -0.142. The fourth-order valence-corrected chi connectivity index (χ4v) is 2.74. The highest BCUT2D eigenvalue weighted by atomic mass is 16.6. The van der Waals surface area contributed by atoms with Gasteiger partial charge in [-0.05, 0) is 25.3 Å². The SMILES string of the molecule is CCOC(=O)C1(CO)CCCN(C(=O)OCc2ccccc2)C1. The summed E-state index contributed by atoms with van der Waals surface area (Å²) in [6.07, 6.45) is 0.653. The number of carbonyl (C=O) groups is 2. The Morgan fingerprint density at radius 1 is 1.26 bits per heavy atom. The summed E-state index contributed by atoms with van der Waals surface area (Å²) in [7, 11) is 0. The lowest BCUT2D eigenvalue weighted by molar-refractivity contribution is -0.161. The summed E-state index contributed by atoms with van der Waals surface area (Å²) in [5.74, 6) is -0.456. The first kappa shape index (κ1) is 17.3. The van der Waals surface area contributed by atoms with E-state index >= 15 is 0 Å². The van der Waals surface area contributed by atoms with Crippen LogP contribution in [0.2, 0.25) is 0 Å². The molecule has 0 aliphatic carbocycles. The minimum Gasteiger partial charge on any atom is -0.465 e. The Bertz CT molecular complexity index is 533. The van der Waals surface area contributed by atoms with E-state index in [2.05, 4.69) is 0 Å². The Hall–Kier alpha value is -2.08. The highest BCUT2D eigenvalue weighted by Crippen LogP contribution is 2.31. The lowest BCUT2D eigenvalue weighted by Gasteiger charge is -2.39. The van der Waals surface area contributed by atoms with Crippen molar-refractivity contribution in [2.45, 2.75) is 26.4 Å². The van der Waals surface area contributed by atoms with Crippen LogP contribution in [0.1, 0.15) is 25.3 Å². The first-order chi connectivity index (χ1) is 11.1. The summed E-state index contributed by atoms with van der Waals surface area (Å²) < 4.78 is 10.4. The lowest BCUT2D eigenvalue weighted by Crippen LogP contribution is -2.52. The van der Waals surface area contributed by atoms with Gasteiger partial charge in [0.15, 0.2) is 0 Å². The predicted molar refractivity (Wildman–Crippen MR) is 83.6 cm³/mol. The topological polar surface area (TPSA) is 76.1 Å². The number of nitrogens with zero attached hydrogens (tertiary/aromatic N) is 1. The number of hydrogen-bond donors (Lipinski definition) is 1. The number of carbonyl (C=O) groups excluding carboxylic acids is 2. The molecule has 6 heteroatoms. The van der Waals surface area contributed by atoms with Gasteiger partial charge < -0.3 is 19.5 Å². The number of esters is 1. The minimum atomic E-state index is -1.04. The molecule has 6 nitrogen and oxygen atoms in total. The number of aliphatic hydroxyl groups excluding tert-OH is 1. The van der Waals surface area contributed by atoms with Crippen LogP contribution in [0.5, 0.6) is 0 Å². The number of aliphatic hydroxyl groups is 1. The van der Waals surface area contributed by atoms with E-state index in [0.717, 1.165) is 5.56 Å². The molecular formula is C17H23NO5. The standard InChI is InChI=1S/C17H23NO5/c1-2-22-15(20)17(13-19)9-6-10-18(12-17)16(21)23-11-14-7-4-3-5-8-14/h3-5,7-8,19H,2,6,9-13H2,1H3. The zero-order valence-electron chi connectivity index (χ0n) is 13.4. The molecule has 1 amide bonds. The molecule has 0 radical (unpaired) electrons. The van der Waals surface area contributed by atoms with Crippen molar-refractivity contribution in [1.29, 1.82) is 0 Å². The predicted octanol–water partition coefficient (Wildman–Crippen LogP) is 1.96. The van der Waals surface area contributed by atoms with Crippen LogP contribution in [-0.4, -0.2) is 48.4 Å². The molecule has 1 aliphatic heterocycles. The monoisotopic (exact) mass is 321 g/mol. The van der Waals surface area contributed by atoms with Gasteiger partial charge in [0.05, 0.1) is 13.2 Å². The molecule has 1 saturated heterocycles. The van der Waals surface area contributed by atoms with Crippen molar-refractivity contribution in [3.8, 4) is 0 Å². The number of amides is 1. The van der Waals surface area contributed by atoms with Crippen molar-refractivity contribution in [2.75, 3.05) is 26.3 Å². The van der Waals surface area contributed by atoms with Crippen LogP contribution < -0.4 is 0 Å². The Morgan fingerprint density at radius 3 is 2.65 bits per heavy atom. The van der Waals surface area contributed by atoms with E-state index in [-0.39, 0.29) is 26.4 Å². The number of likely N-dealkylation sites (tertiary alicyclic amines) is 1. The van der Waals surface area contributed by atoms with E-state index < -0.39 is 17.5 Å². The van der Waals surface area contributed by atoms with Crippen LogP contribution >= 0.6 is 0 Å². The van der Waals surface area contributed by atoms with Crippen molar-refractivity contribution in [3.63, 3.8) is 0 Å². The maximum atomic E-state index is 12.2. The van der Waals surface area contributed by atoms with Crippen molar-refractivity contribution in [3.05, 3.63) is 35.9 Å². The van der Waals surface area contributed by atoms with Crippen LogP contribution in [0, 0.1) is 5.41 Å². The van der Waals surface area contributed by atoms with E-state index in [9.17, 15) is 14.7 Å². The average molecular weight is 321 g/mol. The van der Waals surface area contributed by atoms with Crippen LogP contribution in [-0.2, 0) is 20.9 Å². The molecule has 23 heavy (non-hydrogen) atoms. The van der Waals surface area contributed by atoms with E-state index in [1.807, 2.05) is 30.3 Å². The van der Waals surface area contributed by atoms with Crippen LogP contribution in [0.4, 0.5) is 4.79 Å². The molecule has 0 spiro atoms. The maximum Gasteiger partial charge on any atom is 0.410 e. The molecule has 1 aromatic rings. The molecule has 1 atom stereocenters. The van der Waals surface area contributed by atoms with Crippen LogP contribution in [0.25, 0.3) is 0 Å². The molecule has 0 saturated carbocycles. The Balaban J connectivity index is 1.96. The summed E-state index contributed by atoms with van der Waals surface area (Å²) in [5, 5.41) is 9.67. The van der Waals surface area contributed by atoms with Gasteiger partial charge in [-0.1, -0.05) is 30.3 Å². The summed E-state index contributed by atoms with van der Waals surface area (Å²) in [6.45, 7) is 2.44. The maximum absolute atomic E-state index is 12.2. The molecule has 1 aromatic carbocycles. The fourth-order valence-electron chi connectivity index (χ4n) is 2.74. The quantitative estimate of drug-likeness (QED) is 0.839.